The molecule has 5 heteroatoms. The molecule has 3 aromatic rings. The molecule has 0 saturated carbocycles. The van der Waals surface area contributed by atoms with Crippen molar-refractivity contribution in [2.75, 3.05) is 6.54 Å². The molecule has 0 aliphatic heterocycles. The zero-order chi connectivity index (χ0) is 16.2. The number of carbonyl (C=O) groups is 1. The summed E-state index contributed by atoms with van der Waals surface area (Å²) in [7, 11) is 0. The average molecular weight is 331 g/mol. The third kappa shape index (κ3) is 3.54. The maximum atomic E-state index is 13.7. The van der Waals surface area contributed by atoms with Gasteiger partial charge in [0.25, 0.3) is 5.91 Å². The van der Waals surface area contributed by atoms with Gasteiger partial charge >= 0.3 is 0 Å². The molecule has 118 valence electrons. The van der Waals surface area contributed by atoms with Crippen molar-refractivity contribution in [3.05, 3.63) is 71.1 Å². The summed E-state index contributed by atoms with van der Waals surface area (Å²) < 4.78 is 15.8. The Kier molecular flexibility index (Phi) is 4.63. The molecule has 1 heterocycles. The molecule has 0 aliphatic carbocycles. The fourth-order valence-electron chi connectivity index (χ4n) is 2.56. The Hall–Kier alpha value is -2.33. The lowest BCUT2D eigenvalue weighted by Crippen LogP contribution is -2.26. The van der Waals surface area contributed by atoms with Crippen LogP contribution >= 0.6 is 11.6 Å². The summed E-state index contributed by atoms with van der Waals surface area (Å²) in [5.74, 6) is -1.03. The standard InChI is InChI=1S/C18H16ClFN2O/c19-14-6-7-15(16(20)12-14)18(23)21-9-3-10-22-11-8-13-4-1-2-5-17(13)22/h1-2,4-8,11-12H,3,9-10H2,(H,21,23). The lowest BCUT2D eigenvalue weighted by Gasteiger charge is -2.08. The van der Waals surface area contributed by atoms with Crippen molar-refractivity contribution in [2.24, 2.45) is 0 Å². The number of fused-ring (bicyclic) bond motifs is 1. The van der Waals surface area contributed by atoms with Gasteiger partial charge in [0.2, 0.25) is 0 Å². The van der Waals surface area contributed by atoms with Gasteiger partial charge in [-0.05, 0) is 42.1 Å². The van der Waals surface area contributed by atoms with Gasteiger partial charge in [-0.2, -0.15) is 0 Å². The van der Waals surface area contributed by atoms with Gasteiger partial charge < -0.3 is 9.88 Å². The predicted molar refractivity (Wildman–Crippen MR) is 90.3 cm³/mol. The van der Waals surface area contributed by atoms with Crippen LogP contribution < -0.4 is 5.32 Å². The van der Waals surface area contributed by atoms with E-state index in [1.165, 1.54) is 23.0 Å². The van der Waals surface area contributed by atoms with Crippen LogP contribution in [0.15, 0.2) is 54.7 Å². The van der Waals surface area contributed by atoms with Crippen molar-refractivity contribution in [1.29, 1.82) is 0 Å². The van der Waals surface area contributed by atoms with Gasteiger partial charge in [0.15, 0.2) is 0 Å². The molecule has 1 N–H and O–H groups in total. The molecule has 0 fully saturated rings. The number of carbonyl (C=O) groups excluding carboxylic acids is 1. The summed E-state index contributed by atoms with van der Waals surface area (Å²) in [4.78, 5) is 11.9. The van der Waals surface area contributed by atoms with Crippen LogP contribution in [0.2, 0.25) is 5.02 Å². The molecule has 2 aromatic carbocycles. The highest BCUT2D eigenvalue weighted by Gasteiger charge is 2.11. The van der Waals surface area contributed by atoms with E-state index in [0.717, 1.165) is 19.0 Å². The Morgan fingerprint density at radius 3 is 2.83 bits per heavy atom. The summed E-state index contributed by atoms with van der Waals surface area (Å²) >= 11 is 5.68. The van der Waals surface area contributed by atoms with Crippen LogP contribution in [0, 0.1) is 5.82 Å². The van der Waals surface area contributed by atoms with E-state index in [4.69, 9.17) is 11.6 Å². The van der Waals surface area contributed by atoms with E-state index in [9.17, 15) is 9.18 Å². The number of para-hydroxylation sites is 1. The van der Waals surface area contributed by atoms with Crippen molar-refractivity contribution in [1.82, 2.24) is 9.88 Å². The van der Waals surface area contributed by atoms with E-state index in [2.05, 4.69) is 28.1 Å². The molecule has 0 aliphatic rings. The molecule has 0 atom stereocenters. The zero-order valence-corrected chi connectivity index (χ0v) is 13.2. The number of aromatic nitrogens is 1. The highest BCUT2D eigenvalue weighted by molar-refractivity contribution is 6.30. The number of hydrogen-bond acceptors (Lipinski definition) is 1. The van der Waals surface area contributed by atoms with Crippen LogP contribution in [0.3, 0.4) is 0 Å². The first-order chi connectivity index (χ1) is 11.1. The minimum absolute atomic E-state index is 0.0146. The second kappa shape index (κ2) is 6.84. The van der Waals surface area contributed by atoms with Crippen LogP contribution in [-0.2, 0) is 6.54 Å². The molecule has 0 radical (unpaired) electrons. The number of hydrogen-bond donors (Lipinski definition) is 1. The lowest BCUT2D eigenvalue weighted by molar-refractivity contribution is 0.0949. The number of halogens is 2. The number of nitrogens with zero attached hydrogens (tertiary/aromatic N) is 1. The highest BCUT2D eigenvalue weighted by Crippen LogP contribution is 2.16. The largest absolute Gasteiger partial charge is 0.352 e. The highest BCUT2D eigenvalue weighted by atomic mass is 35.5. The van der Waals surface area contributed by atoms with E-state index in [-0.39, 0.29) is 10.6 Å². The maximum absolute atomic E-state index is 13.7. The topological polar surface area (TPSA) is 34.0 Å². The van der Waals surface area contributed by atoms with Gasteiger partial charge in [0.1, 0.15) is 5.82 Å². The van der Waals surface area contributed by atoms with Crippen molar-refractivity contribution < 1.29 is 9.18 Å². The third-order valence-electron chi connectivity index (χ3n) is 3.72. The molecule has 0 saturated heterocycles. The molecule has 1 aromatic heterocycles. The maximum Gasteiger partial charge on any atom is 0.254 e. The Morgan fingerprint density at radius 2 is 2.00 bits per heavy atom. The van der Waals surface area contributed by atoms with Crippen molar-refractivity contribution >= 4 is 28.4 Å². The molecule has 0 spiro atoms. The summed E-state index contributed by atoms with van der Waals surface area (Å²) in [6.07, 6.45) is 2.80. The predicted octanol–water partition coefficient (Wildman–Crippen LogP) is 4.25. The van der Waals surface area contributed by atoms with Gasteiger partial charge in [0.05, 0.1) is 5.56 Å². The number of aryl methyl sites for hydroxylation is 1. The first kappa shape index (κ1) is 15.6. The Morgan fingerprint density at radius 1 is 1.17 bits per heavy atom. The first-order valence-electron chi connectivity index (χ1n) is 7.42. The Bertz CT molecular complexity index is 844. The minimum atomic E-state index is -0.605. The minimum Gasteiger partial charge on any atom is -0.352 e. The van der Waals surface area contributed by atoms with Gasteiger partial charge in [0, 0.05) is 29.8 Å². The molecule has 0 bridgehead atoms. The molecule has 1 amide bonds. The smallest absolute Gasteiger partial charge is 0.254 e. The average Bonchev–Trinajstić information content (AvgIpc) is 2.94. The molecule has 0 unspecified atom stereocenters. The van der Waals surface area contributed by atoms with Crippen LogP contribution in [0.5, 0.6) is 0 Å². The van der Waals surface area contributed by atoms with Gasteiger partial charge in [-0.15, -0.1) is 0 Å². The van der Waals surface area contributed by atoms with E-state index in [1.54, 1.807) is 0 Å². The van der Waals surface area contributed by atoms with Gasteiger partial charge in [-0.25, -0.2) is 4.39 Å². The van der Waals surface area contributed by atoms with Crippen LogP contribution in [-0.4, -0.2) is 17.0 Å². The van der Waals surface area contributed by atoms with Gasteiger partial charge in [-0.3, -0.25) is 4.79 Å². The van der Waals surface area contributed by atoms with Crippen molar-refractivity contribution in [3.63, 3.8) is 0 Å². The normalized spacial score (nSPS) is 10.9. The summed E-state index contributed by atoms with van der Waals surface area (Å²) in [5.41, 5.74) is 1.18. The quantitative estimate of drug-likeness (QED) is 0.697. The van der Waals surface area contributed by atoms with Crippen LogP contribution in [0.25, 0.3) is 10.9 Å². The van der Waals surface area contributed by atoms with E-state index < -0.39 is 11.7 Å². The molecular formula is C18H16ClFN2O. The van der Waals surface area contributed by atoms with E-state index >= 15 is 0 Å². The molecule has 23 heavy (non-hydrogen) atoms. The second-order valence-electron chi connectivity index (χ2n) is 5.30. The Balaban J connectivity index is 1.54. The summed E-state index contributed by atoms with van der Waals surface area (Å²) in [6, 6.07) is 14.3. The molecular weight excluding hydrogens is 315 g/mol. The summed E-state index contributed by atoms with van der Waals surface area (Å²) in [5, 5.41) is 4.21. The van der Waals surface area contributed by atoms with Crippen molar-refractivity contribution in [2.45, 2.75) is 13.0 Å². The zero-order valence-electron chi connectivity index (χ0n) is 12.4. The van der Waals surface area contributed by atoms with Crippen molar-refractivity contribution in [3.8, 4) is 0 Å². The molecule has 3 nitrogen and oxygen atoms in total. The fraction of sp³-hybridized carbons (Fsp3) is 0.167. The SMILES string of the molecule is O=C(NCCCn1ccc2ccccc21)c1ccc(Cl)cc1F. The summed E-state index contributed by atoms with van der Waals surface area (Å²) in [6.45, 7) is 1.27. The number of nitrogens with one attached hydrogen (secondary N) is 1. The number of rotatable bonds is 5. The monoisotopic (exact) mass is 330 g/mol. The number of benzene rings is 2. The van der Waals surface area contributed by atoms with Crippen LogP contribution in [0.1, 0.15) is 16.8 Å². The number of amides is 1. The van der Waals surface area contributed by atoms with Gasteiger partial charge in [-0.1, -0.05) is 29.8 Å². The van der Waals surface area contributed by atoms with E-state index in [1.807, 2.05) is 18.3 Å². The van der Waals surface area contributed by atoms with E-state index in [0.29, 0.717) is 6.54 Å². The Labute approximate surface area is 138 Å². The lowest BCUT2D eigenvalue weighted by atomic mass is 10.2. The first-order valence-corrected chi connectivity index (χ1v) is 7.80. The molecule has 3 rings (SSSR count). The second-order valence-corrected chi connectivity index (χ2v) is 5.74. The van der Waals surface area contributed by atoms with Crippen LogP contribution in [0.4, 0.5) is 4.39 Å². The fourth-order valence-corrected chi connectivity index (χ4v) is 2.71. The third-order valence-corrected chi connectivity index (χ3v) is 3.95.